The van der Waals surface area contributed by atoms with Crippen molar-refractivity contribution in [3.05, 3.63) is 77.9 Å². The van der Waals surface area contributed by atoms with Crippen molar-refractivity contribution in [1.29, 1.82) is 0 Å². The molecule has 3 aromatic carbocycles. The second kappa shape index (κ2) is 9.00. The van der Waals surface area contributed by atoms with Crippen LogP contribution in [0.4, 0.5) is 0 Å². The summed E-state index contributed by atoms with van der Waals surface area (Å²) >= 11 is 0. The number of phenols is 1. The van der Waals surface area contributed by atoms with Crippen LogP contribution >= 0.6 is 0 Å². The Kier molecular flexibility index (Phi) is 5.94. The van der Waals surface area contributed by atoms with E-state index in [9.17, 15) is 5.11 Å². The predicted molar refractivity (Wildman–Crippen MR) is 143 cm³/mol. The number of aromatic hydroxyl groups is 1. The molecule has 0 aliphatic rings. The lowest BCUT2D eigenvalue weighted by Gasteiger charge is -2.18. The third-order valence-electron chi connectivity index (χ3n) is 6.26. The Balaban J connectivity index is 1.41. The zero-order valence-electron chi connectivity index (χ0n) is 21.9. The van der Waals surface area contributed by atoms with Crippen LogP contribution in [-0.4, -0.2) is 25.5 Å². The first-order valence-electron chi connectivity index (χ1n) is 12.2. The topological polar surface area (TPSA) is 98.1 Å². The van der Waals surface area contributed by atoms with E-state index in [1.807, 2.05) is 24.3 Å². The van der Waals surface area contributed by atoms with Crippen molar-refractivity contribution in [2.75, 3.05) is 0 Å². The van der Waals surface area contributed by atoms with Crippen molar-refractivity contribution in [3.63, 3.8) is 0 Å². The van der Waals surface area contributed by atoms with E-state index in [1.54, 1.807) is 18.2 Å². The van der Waals surface area contributed by atoms with E-state index in [1.165, 1.54) is 11.1 Å². The molecule has 0 fully saturated rings. The van der Waals surface area contributed by atoms with E-state index in [2.05, 4.69) is 86.2 Å². The maximum Gasteiger partial charge on any atom is 0.248 e. The van der Waals surface area contributed by atoms with Gasteiger partial charge in [0.25, 0.3) is 0 Å². The fraction of sp³-hybridized carbons (Fsp3) is 0.267. The monoisotopic (exact) mass is 494 g/mol. The van der Waals surface area contributed by atoms with E-state index in [4.69, 9.17) is 8.83 Å². The average Bonchev–Trinajstić information content (AvgIpc) is 3.54. The highest BCUT2D eigenvalue weighted by Gasteiger charge is 2.18. The molecule has 2 heterocycles. The van der Waals surface area contributed by atoms with Gasteiger partial charge in [0.2, 0.25) is 23.6 Å². The lowest BCUT2D eigenvalue weighted by Crippen LogP contribution is -2.10. The smallest absolute Gasteiger partial charge is 0.248 e. The van der Waals surface area contributed by atoms with Crippen LogP contribution in [0.2, 0.25) is 0 Å². The van der Waals surface area contributed by atoms with Crippen LogP contribution in [0.1, 0.15) is 52.7 Å². The normalized spacial score (nSPS) is 12.2. The molecule has 2 aromatic heterocycles. The number of hydrogen-bond acceptors (Lipinski definition) is 7. The molecule has 7 nitrogen and oxygen atoms in total. The first-order chi connectivity index (χ1) is 17.5. The van der Waals surface area contributed by atoms with Gasteiger partial charge < -0.3 is 13.9 Å². The van der Waals surface area contributed by atoms with E-state index < -0.39 is 0 Å². The van der Waals surface area contributed by atoms with E-state index >= 15 is 0 Å². The van der Waals surface area contributed by atoms with Crippen LogP contribution in [0, 0.1) is 0 Å². The van der Waals surface area contributed by atoms with Crippen molar-refractivity contribution in [3.8, 4) is 51.6 Å². The van der Waals surface area contributed by atoms with Crippen LogP contribution in [0.3, 0.4) is 0 Å². The van der Waals surface area contributed by atoms with Crippen LogP contribution in [0.25, 0.3) is 45.8 Å². The van der Waals surface area contributed by atoms with E-state index in [0.29, 0.717) is 22.9 Å². The van der Waals surface area contributed by atoms with Crippen LogP contribution in [0.15, 0.2) is 75.6 Å². The highest BCUT2D eigenvalue weighted by atomic mass is 16.4. The van der Waals surface area contributed by atoms with Gasteiger partial charge in [-0.05, 0) is 64.4 Å². The molecule has 37 heavy (non-hydrogen) atoms. The van der Waals surface area contributed by atoms with Gasteiger partial charge in [-0.1, -0.05) is 65.8 Å². The van der Waals surface area contributed by atoms with Gasteiger partial charge in [-0.15, -0.1) is 20.4 Å². The maximum absolute atomic E-state index is 10.4. The molecule has 0 spiro atoms. The summed E-state index contributed by atoms with van der Waals surface area (Å²) < 4.78 is 11.9. The third kappa shape index (κ3) is 5.16. The number of hydrogen-bond donors (Lipinski definition) is 1. The number of aromatic nitrogens is 4. The van der Waals surface area contributed by atoms with Gasteiger partial charge in [0.1, 0.15) is 5.75 Å². The van der Waals surface area contributed by atoms with Gasteiger partial charge in [-0.25, -0.2) is 0 Å². The highest BCUT2D eigenvalue weighted by molar-refractivity contribution is 5.69. The van der Waals surface area contributed by atoms with Crippen molar-refractivity contribution in [1.82, 2.24) is 20.4 Å². The number of nitrogens with zero attached hydrogens (tertiary/aromatic N) is 4. The molecule has 0 radical (unpaired) electrons. The quantitative estimate of drug-likeness (QED) is 0.277. The first kappa shape index (κ1) is 24.4. The minimum Gasteiger partial charge on any atom is -0.508 e. The first-order valence-corrected chi connectivity index (χ1v) is 12.2. The van der Waals surface area contributed by atoms with Gasteiger partial charge in [0, 0.05) is 22.3 Å². The SMILES string of the molecule is CC(C)(C)c1ccc(-c2nnc(-c3cc(O)cc(-c4nnc(-c5ccc(C(C)(C)C)cc5)o4)c3)o2)cc1. The fourth-order valence-electron chi connectivity index (χ4n) is 4.00. The lowest BCUT2D eigenvalue weighted by molar-refractivity contribution is 0.474. The molecule has 0 atom stereocenters. The molecule has 0 aliphatic carbocycles. The summed E-state index contributed by atoms with van der Waals surface area (Å²) in [6.45, 7) is 13.0. The molecular formula is C30H30N4O3. The predicted octanol–water partition coefficient (Wildman–Crippen LogP) is 7.42. The average molecular weight is 495 g/mol. The molecule has 0 aliphatic heterocycles. The summed E-state index contributed by atoms with van der Waals surface area (Å²) in [5.74, 6) is 1.39. The minimum atomic E-state index is 0.0241. The van der Waals surface area contributed by atoms with Crippen LogP contribution in [-0.2, 0) is 10.8 Å². The second-order valence-corrected chi connectivity index (χ2v) is 11.2. The Labute approximate surface area is 216 Å². The molecule has 5 aromatic rings. The molecule has 1 N–H and O–H groups in total. The van der Waals surface area contributed by atoms with Crippen molar-refractivity contribution in [2.45, 2.75) is 52.4 Å². The van der Waals surface area contributed by atoms with Gasteiger partial charge in [0.05, 0.1) is 0 Å². The molecule has 7 heteroatoms. The van der Waals surface area contributed by atoms with E-state index in [-0.39, 0.29) is 28.4 Å². The Hall–Kier alpha value is -4.26. The van der Waals surface area contributed by atoms with Gasteiger partial charge in [-0.2, -0.15) is 0 Å². The van der Waals surface area contributed by atoms with Gasteiger partial charge in [-0.3, -0.25) is 0 Å². The van der Waals surface area contributed by atoms with Crippen LogP contribution < -0.4 is 0 Å². The fourth-order valence-corrected chi connectivity index (χ4v) is 4.00. The number of phenolic OH excluding ortho intramolecular Hbond substituents is 1. The molecule has 0 unspecified atom stereocenters. The molecule has 0 amide bonds. The molecule has 0 saturated carbocycles. The largest absolute Gasteiger partial charge is 0.508 e. The standard InChI is InChI=1S/C30H30N4O3/c1-29(2,3)22-11-7-18(8-12-22)25-31-33-27(36-25)20-15-21(17-24(35)16-20)28-34-32-26(37-28)19-9-13-23(14-10-19)30(4,5)6/h7-17,35H,1-6H3. The highest BCUT2D eigenvalue weighted by Crippen LogP contribution is 2.33. The van der Waals surface area contributed by atoms with Crippen molar-refractivity contribution >= 4 is 0 Å². The molecule has 188 valence electrons. The van der Waals surface area contributed by atoms with Crippen LogP contribution in [0.5, 0.6) is 5.75 Å². The van der Waals surface area contributed by atoms with Gasteiger partial charge >= 0.3 is 0 Å². The molecular weight excluding hydrogens is 464 g/mol. The zero-order chi connectivity index (χ0) is 26.4. The number of benzene rings is 3. The Bertz CT molecular complexity index is 1420. The maximum atomic E-state index is 10.4. The summed E-state index contributed by atoms with van der Waals surface area (Å²) in [7, 11) is 0. The second-order valence-electron chi connectivity index (χ2n) is 11.2. The van der Waals surface area contributed by atoms with Crippen molar-refractivity contribution in [2.24, 2.45) is 0 Å². The molecule has 0 saturated heterocycles. The summed E-state index contributed by atoms with van der Waals surface area (Å²) in [5.41, 5.74) is 5.30. The summed E-state index contributed by atoms with van der Waals surface area (Å²) in [6.07, 6.45) is 0. The van der Waals surface area contributed by atoms with E-state index in [0.717, 1.165) is 11.1 Å². The molecule has 5 rings (SSSR count). The lowest BCUT2D eigenvalue weighted by atomic mass is 9.87. The summed E-state index contributed by atoms with van der Waals surface area (Å²) in [4.78, 5) is 0. The van der Waals surface area contributed by atoms with Gasteiger partial charge in [0.15, 0.2) is 0 Å². The van der Waals surface area contributed by atoms with Crippen molar-refractivity contribution < 1.29 is 13.9 Å². The Morgan fingerprint density at radius 3 is 1.14 bits per heavy atom. The summed E-state index contributed by atoms with van der Waals surface area (Å²) in [5, 5.41) is 27.2. The molecule has 0 bridgehead atoms. The number of rotatable bonds is 4. The third-order valence-corrected chi connectivity index (χ3v) is 6.26. The Morgan fingerprint density at radius 2 is 0.811 bits per heavy atom. The Morgan fingerprint density at radius 1 is 0.486 bits per heavy atom. The zero-order valence-corrected chi connectivity index (χ0v) is 21.9. The summed E-state index contributed by atoms with van der Waals surface area (Å²) in [6, 6.07) is 21.0. The minimum absolute atomic E-state index is 0.0241.